The summed E-state index contributed by atoms with van der Waals surface area (Å²) in [5.41, 5.74) is 16.3. The van der Waals surface area contributed by atoms with Crippen LogP contribution < -0.4 is 11.5 Å². The largest absolute Gasteiger partial charge is 0.464 e. The Hall–Kier alpha value is -2.03. The summed E-state index contributed by atoms with van der Waals surface area (Å²) < 4.78 is 28.0. The van der Waals surface area contributed by atoms with Crippen LogP contribution in [-0.2, 0) is 19.5 Å². The molecule has 2 aromatic rings. The minimum atomic E-state index is -2.90. The first-order chi connectivity index (χ1) is 12.8. The van der Waals surface area contributed by atoms with E-state index >= 15 is 0 Å². The summed E-state index contributed by atoms with van der Waals surface area (Å²) in [5, 5.41) is 7.65. The topological polar surface area (TPSA) is 102 Å². The van der Waals surface area contributed by atoms with Gasteiger partial charge in [0.05, 0.1) is 6.26 Å². The van der Waals surface area contributed by atoms with Crippen LogP contribution in [0.3, 0.4) is 0 Å². The van der Waals surface area contributed by atoms with E-state index in [9.17, 15) is 8.78 Å². The second kappa shape index (κ2) is 9.25. The molecular weight excluding hydrogens is 354 g/mol. The van der Waals surface area contributed by atoms with Crippen molar-refractivity contribution in [3.8, 4) is 11.3 Å². The summed E-state index contributed by atoms with van der Waals surface area (Å²) in [5.74, 6) is -1.54. The number of aromatic nitrogens is 1. The molecule has 0 saturated carbocycles. The number of hydrogen-bond acceptors (Lipinski definition) is 6. The van der Waals surface area contributed by atoms with Gasteiger partial charge in [-0.1, -0.05) is 6.92 Å². The molecule has 150 valence electrons. The number of rotatable bonds is 5. The van der Waals surface area contributed by atoms with Crippen molar-refractivity contribution in [3.05, 3.63) is 35.2 Å². The fraction of sp³-hybridized carbons (Fsp3) is 0.526. The Bertz CT molecular complexity index is 730. The summed E-state index contributed by atoms with van der Waals surface area (Å²) in [6.45, 7) is 5.19. The highest BCUT2D eigenvalue weighted by atomic mass is 19.3. The predicted octanol–water partition coefficient (Wildman–Crippen LogP) is 2.78. The smallest absolute Gasteiger partial charge is 0.267 e. The van der Waals surface area contributed by atoms with Gasteiger partial charge in [-0.05, 0) is 30.7 Å². The fourth-order valence-electron chi connectivity index (χ4n) is 3.11. The summed E-state index contributed by atoms with van der Waals surface area (Å²) in [6, 6.07) is 3.86. The summed E-state index contributed by atoms with van der Waals surface area (Å²) >= 11 is 0. The second-order valence-electron chi connectivity index (χ2n) is 6.71. The van der Waals surface area contributed by atoms with Crippen molar-refractivity contribution in [2.24, 2.45) is 5.73 Å². The lowest BCUT2D eigenvalue weighted by Crippen LogP contribution is -2.32. The molecule has 3 heterocycles. The Morgan fingerprint density at radius 1 is 1.41 bits per heavy atom. The summed E-state index contributed by atoms with van der Waals surface area (Å²) in [6.07, 6.45) is 3.76. The molecule has 0 atom stereocenters. The van der Waals surface area contributed by atoms with E-state index in [2.05, 4.69) is 16.8 Å². The van der Waals surface area contributed by atoms with Crippen molar-refractivity contribution < 1.29 is 18.3 Å². The van der Waals surface area contributed by atoms with Crippen LogP contribution in [0.5, 0.6) is 0 Å². The van der Waals surface area contributed by atoms with Crippen molar-refractivity contribution in [1.82, 2.24) is 9.88 Å². The lowest BCUT2D eigenvalue weighted by molar-refractivity contribution is -0.0322. The normalized spacial score (nSPS) is 14.4. The van der Waals surface area contributed by atoms with Gasteiger partial charge in [0.15, 0.2) is 0 Å². The molecule has 0 aliphatic carbocycles. The van der Waals surface area contributed by atoms with E-state index in [1.54, 1.807) is 6.26 Å². The van der Waals surface area contributed by atoms with Gasteiger partial charge < -0.3 is 21.0 Å². The van der Waals surface area contributed by atoms with Gasteiger partial charge in [0, 0.05) is 49.8 Å². The highest BCUT2D eigenvalue weighted by Crippen LogP contribution is 2.35. The van der Waals surface area contributed by atoms with E-state index in [1.807, 2.05) is 12.1 Å². The average molecular weight is 382 g/mol. The van der Waals surface area contributed by atoms with Gasteiger partial charge in [-0.15, -0.1) is 0 Å². The molecule has 8 heteroatoms. The van der Waals surface area contributed by atoms with Gasteiger partial charge in [-0.2, -0.15) is 0 Å². The number of pyridine rings is 1. The minimum absolute atomic E-state index is 0.371. The van der Waals surface area contributed by atoms with Crippen molar-refractivity contribution in [1.29, 1.82) is 0 Å². The zero-order valence-electron chi connectivity index (χ0n) is 15.8. The maximum absolute atomic E-state index is 11.2. The minimum Gasteiger partial charge on any atom is -0.464 e. The molecule has 3 rings (SSSR count). The van der Waals surface area contributed by atoms with Gasteiger partial charge in [0.25, 0.3) is 5.92 Å². The number of alkyl halides is 2. The number of nitrogens with zero attached hydrogens (tertiary/aromatic N) is 2. The van der Waals surface area contributed by atoms with Crippen molar-refractivity contribution >= 4 is 5.82 Å². The third-order valence-corrected chi connectivity index (χ3v) is 4.35. The molecule has 0 saturated heterocycles. The monoisotopic (exact) mass is 382 g/mol. The number of aliphatic hydroxyl groups excluding tert-OH is 1. The first-order valence-corrected chi connectivity index (χ1v) is 9.05. The Labute approximate surface area is 158 Å². The first kappa shape index (κ1) is 21.3. The second-order valence-corrected chi connectivity index (χ2v) is 6.71. The van der Waals surface area contributed by atoms with Crippen LogP contribution in [0.25, 0.3) is 11.3 Å². The Balaban J connectivity index is 0.000000380. The molecular formula is C19H28F2N4O2. The van der Waals surface area contributed by atoms with E-state index in [-0.39, 0.29) is 0 Å². The molecule has 0 unspecified atom stereocenters. The zero-order chi connectivity index (χ0) is 20.0. The van der Waals surface area contributed by atoms with E-state index < -0.39 is 12.5 Å². The molecule has 0 aromatic carbocycles. The summed E-state index contributed by atoms with van der Waals surface area (Å²) in [4.78, 5) is 7.03. The standard InChI is InChI=1S/C16H22N4O.C3H6F2O/c1-2-6-20-7-5-13-12(10-20)15(14-4-3-8-21-14)11(9-17)16(18)19-13;1-3(4,5)2-6/h3-4,8H,2,5-7,9-10,17H2,1H3,(H2,18,19);6H,2H2,1H3. The summed E-state index contributed by atoms with van der Waals surface area (Å²) in [7, 11) is 0. The molecule has 1 aliphatic rings. The number of furan rings is 1. The maximum atomic E-state index is 11.2. The SMILES string of the molecule is CC(F)(F)CO.CCCN1CCc2nc(N)c(CN)c(-c3ccco3)c2C1. The van der Waals surface area contributed by atoms with E-state index in [4.69, 9.17) is 21.0 Å². The lowest BCUT2D eigenvalue weighted by Gasteiger charge is -2.30. The highest BCUT2D eigenvalue weighted by molar-refractivity contribution is 5.72. The number of aliphatic hydroxyl groups is 1. The predicted molar refractivity (Wildman–Crippen MR) is 101 cm³/mol. The molecule has 27 heavy (non-hydrogen) atoms. The van der Waals surface area contributed by atoms with Gasteiger partial charge in [0.2, 0.25) is 0 Å². The van der Waals surface area contributed by atoms with E-state index in [0.717, 1.165) is 55.1 Å². The maximum Gasteiger partial charge on any atom is 0.267 e. The van der Waals surface area contributed by atoms with Crippen molar-refractivity contribution in [2.75, 3.05) is 25.4 Å². The molecule has 0 spiro atoms. The molecule has 6 nitrogen and oxygen atoms in total. The van der Waals surface area contributed by atoms with Gasteiger partial charge in [-0.25, -0.2) is 13.8 Å². The lowest BCUT2D eigenvalue weighted by atomic mass is 9.94. The van der Waals surface area contributed by atoms with E-state index in [0.29, 0.717) is 19.3 Å². The number of halogens is 2. The molecule has 0 bridgehead atoms. The number of nitrogens with two attached hydrogens (primary N) is 2. The van der Waals surface area contributed by atoms with Crippen molar-refractivity contribution in [3.63, 3.8) is 0 Å². The third-order valence-electron chi connectivity index (χ3n) is 4.35. The Kier molecular flexibility index (Phi) is 7.29. The third kappa shape index (κ3) is 5.47. The van der Waals surface area contributed by atoms with Crippen LogP contribution in [0.1, 0.15) is 37.1 Å². The Morgan fingerprint density at radius 3 is 2.63 bits per heavy atom. The highest BCUT2D eigenvalue weighted by Gasteiger charge is 2.25. The van der Waals surface area contributed by atoms with Crippen LogP contribution in [0.2, 0.25) is 0 Å². The van der Waals surface area contributed by atoms with E-state index in [1.165, 1.54) is 5.56 Å². The number of hydrogen-bond donors (Lipinski definition) is 3. The molecule has 0 radical (unpaired) electrons. The zero-order valence-corrected chi connectivity index (χ0v) is 15.8. The van der Waals surface area contributed by atoms with Crippen LogP contribution in [-0.4, -0.2) is 40.6 Å². The molecule has 0 amide bonds. The van der Waals surface area contributed by atoms with Crippen LogP contribution in [0, 0.1) is 0 Å². The van der Waals surface area contributed by atoms with Crippen molar-refractivity contribution in [2.45, 2.75) is 45.7 Å². The number of fused-ring (bicyclic) bond motifs is 1. The molecule has 0 fully saturated rings. The van der Waals surface area contributed by atoms with Crippen LogP contribution in [0.15, 0.2) is 22.8 Å². The molecule has 2 aromatic heterocycles. The fourth-order valence-corrected chi connectivity index (χ4v) is 3.11. The van der Waals surface area contributed by atoms with Crippen LogP contribution >= 0.6 is 0 Å². The van der Waals surface area contributed by atoms with Gasteiger partial charge in [-0.3, -0.25) is 4.90 Å². The molecule has 5 N–H and O–H groups in total. The first-order valence-electron chi connectivity index (χ1n) is 9.05. The quantitative estimate of drug-likeness (QED) is 0.735. The van der Waals surface area contributed by atoms with Gasteiger partial charge >= 0.3 is 0 Å². The average Bonchev–Trinajstić information content (AvgIpc) is 3.15. The number of nitrogen functional groups attached to an aromatic ring is 1. The molecule has 1 aliphatic heterocycles. The Morgan fingerprint density at radius 2 is 2.11 bits per heavy atom. The van der Waals surface area contributed by atoms with Crippen LogP contribution in [0.4, 0.5) is 14.6 Å². The van der Waals surface area contributed by atoms with Gasteiger partial charge in [0.1, 0.15) is 18.2 Å². The number of anilines is 1.